The maximum Gasteiger partial charge on any atom is 0.251 e. The number of hydrogen-bond donors (Lipinski definition) is 1. The summed E-state index contributed by atoms with van der Waals surface area (Å²) in [5.41, 5.74) is 1.22. The second kappa shape index (κ2) is 8.41. The normalized spacial score (nSPS) is 14.1. The van der Waals surface area contributed by atoms with Gasteiger partial charge in [0.25, 0.3) is 5.91 Å². The maximum absolute atomic E-state index is 13.6. The molecule has 8 heteroatoms. The molecule has 1 heterocycles. The SMILES string of the molecule is O=C(NC1CC1)c1ccc(CN(Cc2ccco2)S(=O)(=O)c2cccc(F)c2)cc1. The van der Waals surface area contributed by atoms with Gasteiger partial charge in [-0.05, 0) is 60.9 Å². The standard InChI is InChI=1S/C22H21FN2O4S/c23-18-3-1-5-21(13-18)30(27,28)25(15-20-4-2-12-29-20)14-16-6-8-17(9-7-16)22(26)24-19-10-11-19/h1-9,12-13,19H,10-11,14-15H2,(H,24,26). The Morgan fingerprint density at radius 2 is 1.83 bits per heavy atom. The Morgan fingerprint density at radius 3 is 2.47 bits per heavy atom. The molecule has 0 unspecified atom stereocenters. The van der Waals surface area contributed by atoms with Gasteiger partial charge in [0, 0.05) is 18.2 Å². The quantitative estimate of drug-likeness (QED) is 0.593. The van der Waals surface area contributed by atoms with Crippen LogP contribution in [0.3, 0.4) is 0 Å². The maximum atomic E-state index is 13.6. The average molecular weight is 428 g/mol. The van der Waals surface area contributed by atoms with Crippen molar-refractivity contribution in [2.45, 2.75) is 36.9 Å². The van der Waals surface area contributed by atoms with E-state index in [4.69, 9.17) is 4.42 Å². The molecule has 0 bridgehead atoms. The lowest BCUT2D eigenvalue weighted by atomic mass is 10.1. The van der Waals surface area contributed by atoms with E-state index in [-0.39, 0.29) is 29.9 Å². The molecule has 0 spiro atoms. The van der Waals surface area contributed by atoms with E-state index in [2.05, 4.69) is 5.32 Å². The van der Waals surface area contributed by atoms with Crippen LogP contribution < -0.4 is 5.32 Å². The zero-order chi connectivity index (χ0) is 21.1. The average Bonchev–Trinajstić information content (AvgIpc) is 3.39. The lowest BCUT2D eigenvalue weighted by molar-refractivity contribution is 0.0951. The highest BCUT2D eigenvalue weighted by atomic mass is 32.2. The number of benzene rings is 2. The summed E-state index contributed by atoms with van der Waals surface area (Å²) in [5.74, 6) is -0.292. The minimum absolute atomic E-state index is 0.00420. The molecule has 0 radical (unpaired) electrons. The molecule has 1 fully saturated rings. The Hall–Kier alpha value is -2.97. The molecule has 1 N–H and O–H groups in total. The van der Waals surface area contributed by atoms with Crippen LogP contribution in [0.15, 0.2) is 76.2 Å². The predicted molar refractivity (Wildman–Crippen MR) is 108 cm³/mol. The number of rotatable bonds is 8. The van der Waals surface area contributed by atoms with Crippen molar-refractivity contribution in [1.82, 2.24) is 9.62 Å². The summed E-state index contributed by atoms with van der Waals surface area (Å²) in [6.45, 7) is 0.0415. The molecule has 2 aromatic carbocycles. The van der Waals surface area contributed by atoms with Gasteiger partial charge in [0.15, 0.2) is 0 Å². The number of nitrogens with zero attached hydrogens (tertiary/aromatic N) is 1. The molecule has 0 atom stereocenters. The van der Waals surface area contributed by atoms with Crippen molar-refractivity contribution in [2.24, 2.45) is 0 Å². The Bertz CT molecular complexity index is 1120. The van der Waals surface area contributed by atoms with E-state index in [9.17, 15) is 17.6 Å². The zero-order valence-electron chi connectivity index (χ0n) is 16.1. The first kappa shape index (κ1) is 20.3. The van der Waals surface area contributed by atoms with Crippen LogP contribution in [-0.2, 0) is 23.1 Å². The number of furan rings is 1. The van der Waals surface area contributed by atoms with Crippen LogP contribution in [0.1, 0.15) is 34.5 Å². The number of carbonyl (C=O) groups excluding carboxylic acids is 1. The van der Waals surface area contributed by atoms with Gasteiger partial charge in [0.05, 0.1) is 17.7 Å². The molecular formula is C22H21FN2O4S. The van der Waals surface area contributed by atoms with E-state index >= 15 is 0 Å². The van der Waals surface area contributed by atoms with Crippen LogP contribution in [0, 0.1) is 5.82 Å². The third kappa shape index (κ3) is 4.77. The summed E-state index contributed by atoms with van der Waals surface area (Å²) in [6, 6.07) is 15.3. The van der Waals surface area contributed by atoms with Crippen molar-refractivity contribution in [3.63, 3.8) is 0 Å². The summed E-state index contributed by atoms with van der Waals surface area (Å²) >= 11 is 0. The smallest absolute Gasteiger partial charge is 0.251 e. The number of amides is 1. The number of halogens is 1. The number of sulfonamides is 1. The van der Waals surface area contributed by atoms with Crippen molar-refractivity contribution >= 4 is 15.9 Å². The van der Waals surface area contributed by atoms with Gasteiger partial charge >= 0.3 is 0 Å². The molecule has 3 aromatic rings. The molecule has 1 saturated carbocycles. The van der Waals surface area contributed by atoms with Crippen molar-refractivity contribution < 1.29 is 22.0 Å². The molecule has 1 aromatic heterocycles. The predicted octanol–water partition coefficient (Wildman–Crippen LogP) is 3.70. The molecule has 1 aliphatic carbocycles. The molecule has 156 valence electrons. The molecule has 0 saturated heterocycles. The van der Waals surface area contributed by atoms with Gasteiger partial charge in [-0.2, -0.15) is 4.31 Å². The van der Waals surface area contributed by atoms with Crippen LogP contribution in [0.5, 0.6) is 0 Å². The Kier molecular flexibility index (Phi) is 5.69. The first-order valence-electron chi connectivity index (χ1n) is 9.60. The fraction of sp³-hybridized carbons (Fsp3) is 0.227. The van der Waals surface area contributed by atoms with Crippen LogP contribution in [0.25, 0.3) is 0 Å². The molecule has 0 aliphatic heterocycles. The summed E-state index contributed by atoms with van der Waals surface area (Å²) in [7, 11) is -3.98. The Balaban J connectivity index is 1.57. The van der Waals surface area contributed by atoms with Gasteiger partial charge in [-0.1, -0.05) is 18.2 Å². The highest BCUT2D eigenvalue weighted by Crippen LogP contribution is 2.23. The molecule has 1 amide bonds. The van der Waals surface area contributed by atoms with Gasteiger partial charge in [-0.25, -0.2) is 12.8 Å². The highest BCUT2D eigenvalue weighted by molar-refractivity contribution is 7.89. The van der Waals surface area contributed by atoms with Gasteiger partial charge in [0.2, 0.25) is 10.0 Å². The fourth-order valence-corrected chi connectivity index (χ4v) is 4.47. The van der Waals surface area contributed by atoms with E-state index < -0.39 is 15.8 Å². The summed E-state index contributed by atoms with van der Waals surface area (Å²) in [5, 5.41) is 2.92. The van der Waals surface area contributed by atoms with E-state index in [1.807, 2.05) is 0 Å². The van der Waals surface area contributed by atoms with Crippen LogP contribution in [-0.4, -0.2) is 24.7 Å². The number of nitrogens with one attached hydrogen (secondary N) is 1. The fourth-order valence-electron chi connectivity index (χ4n) is 3.04. The third-order valence-electron chi connectivity index (χ3n) is 4.83. The number of hydrogen-bond acceptors (Lipinski definition) is 4. The van der Waals surface area contributed by atoms with Crippen molar-refractivity contribution in [2.75, 3.05) is 0 Å². The van der Waals surface area contributed by atoms with Crippen molar-refractivity contribution in [3.05, 3.63) is 89.6 Å². The molecule has 6 nitrogen and oxygen atoms in total. The van der Waals surface area contributed by atoms with Crippen LogP contribution >= 0.6 is 0 Å². The first-order chi connectivity index (χ1) is 14.4. The largest absolute Gasteiger partial charge is 0.468 e. The Morgan fingerprint density at radius 1 is 1.07 bits per heavy atom. The Labute approximate surface area is 174 Å². The molecule has 1 aliphatic rings. The zero-order valence-corrected chi connectivity index (χ0v) is 16.9. The van der Waals surface area contributed by atoms with Crippen LogP contribution in [0.4, 0.5) is 4.39 Å². The van der Waals surface area contributed by atoms with E-state index in [1.54, 1.807) is 36.4 Å². The molecular weight excluding hydrogens is 407 g/mol. The minimum Gasteiger partial charge on any atom is -0.468 e. The lowest BCUT2D eigenvalue weighted by Crippen LogP contribution is -2.30. The topological polar surface area (TPSA) is 79.6 Å². The molecule has 30 heavy (non-hydrogen) atoms. The third-order valence-corrected chi connectivity index (χ3v) is 6.62. The van der Waals surface area contributed by atoms with E-state index in [0.717, 1.165) is 18.9 Å². The van der Waals surface area contributed by atoms with Crippen molar-refractivity contribution in [3.8, 4) is 0 Å². The summed E-state index contributed by atoms with van der Waals surface area (Å²) in [6.07, 6.45) is 3.47. The van der Waals surface area contributed by atoms with Gasteiger partial charge in [0.1, 0.15) is 11.6 Å². The van der Waals surface area contributed by atoms with Gasteiger partial charge < -0.3 is 9.73 Å². The minimum atomic E-state index is -3.98. The van der Waals surface area contributed by atoms with Crippen molar-refractivity contribution in [1.29, 1.82) is 0 Å². The monoisotopic (exact) mass is 428 g/mol. The van der Waals surface area contributed by atoms with E-state index in [0.29, 0.717) is 16.9 Å². The summed E-state index contributed by atoms with van der Waals surface area (Å²) in [4.78, 5) is 12.0. The number of carbonyl (C=O) groups is 1. The summed E-state index contributed by atoms with van der Waals surface area (Å²) < 4.78 is 46.5. The highest BCUT2D eigenvalue weighted by Gasteiger charge is 2.27. The second-order valence-electron chi connectivity index (χ2n) is 7.25. The van der Waals surface area contributed by atoms with Gasteiger partial charge in [-0.15, -0.1) is 0 Å². The first-order valence-corrected chi connectivity index (χ1v) is 11.0. The second-order valence-corrected chi connectivity index (χ2v) is 9.19. The lowest BCUT2D eigenvalue weighted by Gasteiger charge is -2.21. The molecule has 4 rings (SSSR count). The van der Waals surface area contributed by atoms with E-state index in [1.165, 1.54) is 28.8 Å². The van der Waals surface area contributed by atoms with Gasteiger partial charge in [-0.3, -0.25) is 4.79 Å². The van der Waals surface area contributed by atoms with Crippen LogP contribution in [0.2, 0.25) is 0 Å².